The zero-order valence-corrected chi connectivity index (χ0v) is 13.4. The smallest absolute Gasteiger partial charge is 0.292 e. The molecule has 2 heterocycles. The number of amides is 1. The lowest BCUT2D eigenvalue weighted by atomic mass is 10.1. The number of rotatable bonds is 2. The molecule has 2 N–H and O–H groups in total. The van der Waals surface area contributed by atoms with Crippen LogP contribution in [0.2, 0.25) is 0 Å². The van der Waals surface area contributed by atoms with E-state index in [9.17, 15) is 4.79 Å². The number of nitrogens with zero attached hydrogens (tertiary/aromatic N) is 2. The number of halogens is 1. The van der Waals surface area contributed by atoms with E-state index in [0.29, 0.717) is 16.8 Å². The Labute approximate surface area is 134 Å². The van der Waals surface area contributed by atoms with Crippen LogP contribution in [0.15, 0.2) is 27.1 Å². The molecular weight excluding hydrogens is 348 g/mol. The van der Waals surface area contributed by atoms with Crippen LogP contribution in [0.4, 0.5) is 5.82 Å². The molecule has 110 valence electrons. The third kappa shape index (κ3) is 2.18. The van der Waals surface area contributed by atoms with Crippen molar-refractivity contribution in [3.8, 4) is 6.07 Å². The summed E-state index contributed by atoms with van der Waals surface area (Å²) in [6.45, 7) is 3.53. The van der Waals surface area contributed by atoms with Gasteiger partial charge in [-0.25, -0.2) is 0 Å². The number of carbonyl (C=O) groups is 1. The second-order valence-corrected chi connectivity index (χ2v) is 5.67. The lowest BCUT2D eigenvalue weighted by molar-refractivity contribution is 0.0997. The van der Waals surface area contributed by atoms with Crippen molar-refractivity contribution in [2.24, 2.45) is 0 Å². The molecule has 0 unspecified atom stereocenters. The molecule has 7 heteroatoms. The number of aromatic amines is 1. The third-order valence-corrected chi connectivity index (χ3v) is 4.04. The summed E-state index contributed by atoms with van der Waals surface area (Å²) in [4.78, 5) is 12.4. The molecule has 0 aliphatic carbocycles. The molecule has 0 saturated heterocycles. The van der Waals surface area contributed by atoms with Crippen LogP contribution >= 0.6 is 15.9 Å². The molecule has 0 saturated carbocycles. The molecule has 0 aliphatic rings. The zero-order chi connectivity index (χ0) is 15.9. The van der Waals surface area contributed by atoms with Crippen LogP contribution in [0.3, 0.4) is 0 Å². The molecule has 0 fully saturated rings. The number of nitriles is 1. The summed E-state index contributed by atoms with van der Waals surface area (Å²) in [6.07, 6.45) is 0. The van der Waals surface area contributed by atoms with E-state index in [1.165, 1.54) is 0 Å². The summed E-state index contributed by atoms with van der Waals surface area (Å²) in [6, 6.07) is 7.61. The van der Waals surface area contributed by atoms with E-state index in [1.807, 2.05) is 31.2 Å². The number of H-pyrrole nitrogens is 1. The van der Waals surface area contributed by atoms with Crippen LogP contribution in [0.5, 0.6) is 0 Å². The van der Waals surface area contributed by atoms with Gasteiger partial charge in [-0.1, -0.05) is 12.1 Å². The number of aromatic nitrogens is 2. The Bertz CT molecular complexity index is 933. The van der Waals surface area contributed by atoms with E-state index < -0.39 is 5.91 Å². The molecule has 0 spiro atoms. The Morgan fingerprint density at radius 3 is 2.91 bits per heavy atom. The Morgan fingerprint density at radius 1 is 1.45 bits per heavy atom. The number of benzene rings is 1. The van der Waals surface area contributed by atoms with Crippen LogP contribution < -0.4 is 5.32 Å². The molecule has 0 atom stereocenters. The summed E-state index contributed by atoms with van der Waals surface area (Å²) < 4.78 is 6.44. The number of hydrogen-bond acceptors (Lipinski definition) is 4. The van der Waals surface area contributed by atoms with Gasteiger partial charge in [-0.05, 0) is 35.8 Å². The van der Waals surface area contributed by atoms with Crippen molar-refractivity contribution >= 4 is 38.6 Å². The number of hydrogen-bond donors (Lipinski definition) is 2. The van der Waals surface area contributed by atoms with Crippen molar-refractivity contribution in [1.82, 2.24) is 10.2 Å². The largest absolute Gasteiger partial charge is 0.449 e. The van der Waals surface area contributed by atoms with Crippen LogP contribution in [-0.2, 0) is 0 Å². The fourth-order valence-corrected chi connectivity index (χ4v) is 2.69. The summed E-state index contributed by atoms with van der Waals surface area (Å²) >= 11 is 3.40. The predicted octanol–water partition coefficient (Wildman–Crippen LogP) is 3.66. The van der Waals surface area contributed by atoms with Gasteiger partial charge >= 0.3 is 0 Å². The van der Waals surface area contributed by atoms with Gasteiger partial charge in [0.1, 0.15) is 17.2 Å². The van der Waals surface area contributed by atoms with Crippen LogP contribution in [0, 0.1) is 25.2 Å². The van der Waals surface area contributed by atoms with E-state index in [1.54, 1.807) is 6.92 Å². The molecule has 0 aliphatic heterocycles. The quantitative estimate of drug-likeness (QED) is 0.730. The van der Waals surface area contributed by atoms with Crippen LogP contribution in [0.25, 0.3) is 11.0 Å². The Hall–Kier alpha value is -2.59. The van der Waals surface area contributed by atoms with Gasteiger partial charge in [-0.15, -0.1) is 0 Å². The van der Waals surface area contributed by atoms with E-state index >= 15 is 0 Å². The number of furan rings is 1. The number of fused-ring (bicyclic) bond motifs is 1. The SMILES string of the molecule is Cc1[nH]nc(NC(=O)c2oc3c(Br)cccc3c2C)c1C#N. The van der Waals surface area contributed by atoms with Crippen molar-refractivity contribution in [1.29, 1.82) is 5.26 Å². The van der Waals surface area contributed by atoms with Gasteiger partial charge in [0, 0.05) is 10.9 Å². The topological polar surface area (TPSA) is 94.7 Å². The fourth-order valence-electron chi connectivity index (χ4n) is 2.25. The van der Waals surface area contributed by atoms with E-state index in [2.05, 4.69) is 31.4 Å². The van der Waals surface area contributed by atoms with Crippen molar-refractivity contribution < 1.29 is 9.21 Å². The highest BCUT2D eigenvalue weighted by Crippen LogP contribution is 2.31. The molecule has 22 heavy (non-hydrogen) atoms. The average molecular weight is 359 g/mol. The second kappa shape index (κ2) is 5.31. The first-order valence-electron chi connectivity index (χ1n) is 6.47. The molecule has 3 aromatic rings. The first-order valence-corrected chi connectivity index (χ1v) is 7.26. The fraction of sp³-hybridized carbons (Fsp3) is 0.133. The maximum absolute atomic E-state index is 12.4. The Morgan fingerprint density at radius 2 is 2.23 bits per heavy atom. The number of nitrogens with one attached hydrogen (secondary N) is 2. The average Bonchev–Trinajstić information content (AvgIpc) is 3.01. The van der Waals surface area contributed by atoms with Crippen molar-refractivity contribution in [2.45, 2.75) is 13.8 Å². The van der Waals surface area contributed by atoms with Gasteiger partial charge in [0.15, 0.2) is 11.6 Å². The van der Waals surface area contributed by atoms with Gasteiger partial charge in [0.25, 0.3) is 5.91 Å². The maximum atomic E-state index is 12.4. The van der Waals surface area contributed by atoms with E-state index in [4.69, 9.17) is 9.68 Å². The van der Waals surface area contributed by atoms with Crippen LogP contribution in [0.1, 0.15) is 27.4 Å². The molecule has 1 amide bonds. The molecule has 2 aromatic heterocycles. The first kappa shape index (κ1) is 14.4. The normalized spacial score (nSPS) is 10.6. The minimum atomic E-state index is -0.441. The lowest BCUT2D eigenvalue weighted by Gasteiger charge is -2.00. The van der Waals surface area contributed by atoms with Crippen molar-refractivity contribution in [3.05, 3.63) is 45.3 Å². The standard InChI is InChI=1S/C15H11BrN4O2/c1-7-9-4-3-5-11(16)13(9)22-12(7)15(21)18-14-10(6-17)8(2)19-20-14/h3-5H,1-2H3,(H2,18,19,20,21). The van der Waals surface area contributed by atoms with Gasteiger partial charge in [0.05, 0.1) is 10.2 Å². The van der Waals surface area contributed by atoms with Crippen molar-refractivity contribution in [2.75, 3.05) is 5.32 Å². The summed E-state index contributed by atoms with van der Waals surface area (Å²) in [5.41, 5.74) is 2.26. The molecule has 0 bridgehead atoms. The van der Waals surface area contributed by atoms with Gasteiger partial charge < -0.3 is 9.73 Å². The van der Waals surface area contributed by atoms with Gasteiger partial charge in [-0.2, -0.15) is 10.4 Å². The molecule has 6 nitrogen and oxygen atoms in total. The van der Waals surface area contributed by atoms with Gasteiger partial charge in [0.2, 0.25) is 0 Å². The highest BCUT2D eigenvalue weighted by atomic mass is 79.9. The summed E-state index contributed by atoms with van der Waals surface area (Å²) in [7, 11) is 0. The Balaban J connectivity index is 2.01. The molecule has 1 aromatic carbocycles. The number of carbonyl (C=O) groups excluding carboxylic acids is 1. The van der Waals surface area contributed by atoms with Crippen molar-refractivity contribution in [3.63, 3.8) is 0 Å². The van der Waals surface area contributed by atoms with E-state index in [0.717, 1.165) is 15.4 Å². The number of para-hydroxylation sites is 1. The highest BCUT2D eigenvalue weighted by molar-refractivity contribution is 9.10. The monoisotopic (exact) mass is 358 g/mol. The maximum Gasteiger partial charge on any atom is 0.292 e. The number of aryl methyl sites for hydroxylation is 2. The summed E-state index contributed by atoms with van der Waals surface area (Å²) in [5.74, 6) is -0.0426. The molecule has 3 rings (SSSR count). The minimum absolute atomic E-state index is 0.198. The zero-order valence-electron chi connectivity index (χ0n) is 11.8. The Kier molecular flexibility index (Phi) is 3.47. The molecule has 0 radical (unpaired) electrons. The predicted molar refractivity (Wildman–Crippen MR) is 84.6 cm³/mol. The lowest BCUT2D eigenvalue weighted by Crippen LogP contribution is -2.13. The minimum Gasteiger partial charge on any atom is -0.449 e. The second-order valence-electron chi connectivity index (χ2n) is 4.81. The van der Waals surface area contributed by atoms with Gasteiger partial charge in [-0.3, -0.25) is 9.89 Å². The summed E-state index contributed by atoms with van der Waals surface area (Å²) in [5, 5.41) is 19.1. The van der Waals surface area contributed by atoms with E-state index in [-0.39, 0.29) is 11.6 Å². The third-order valence-electron chi connectivity index (χ3n) is 3.41. The van der Waals surface area contributed by atoms with Crippen LogP contribution in [-0.4, -0.2) is 16.1 Å². The molecular formula is C15H11BrN4O2. The first-order chi connectivity index (χ1) is 10.5. The number of anilines is 1. The highest BCUT2D eigenvalue weighted by Gasteiger charge is 2.21.